The predicted octanol–water partition coefficient (Wildman–Crippen LogP) is 4.74. The van der Waals surface area contributed by atoms with Crippen molar-refractivity contribution in [2.24, 2.45) is 0 Å². The number of ketones is 1. The van der Waals surface area contributed by atoms with Gasteiger partial charge in [-0.3, -0.25) is 13.9 Å². The Kier molecular flexibility index (Phi) is 7.73. The highest BCUT2D eigenvalue weighted by Crippen LogP contribution is 2.27. The van der Waals surface area contributed by atoms with Gasteiger partial charge in [0.15, 0.2) is 5.78 Å². The van der Waals surface area contributed by atoms with E-state index in [1.807, 2.05) is 13.8 Å². The van der Waals surface area contributed by atoms with Crippen LogP contribution in [-0.4, -0.2) is 33.8 Å². The normalized spacial score (nSPS) is 11.1. The summed E-state index contributed by atoms with van der Waals surface area (Å²) in [6, 6.07) is 18.2. The summed E-state index contributed by atoms with van der Waals surface area (Å²) in [7, 11) is -2.39. The van der Waals surface area contributed by atoms with E-state index in [0.29, 0.717) is 22.7 Å². The fourth-order valence-electron chi connectivity index (χ4n) is 3.35. The number of aryl methyl sites for hydroxylation is 2. The molecule has 0 aliphatic heterocycles. The van der Waals surface area contributed by atoms with Crippen LogP contribution < -0.4 is 14.4 Å². The van der Waals surface area contributed by atoms with E-state index < -0.39 is 10.0 Å². The van der Waals surface area contributed by atoms with Crippen molar-refractivity contribution >= 4 is 33.1 Å². The number of carbonyl (C=O) groups is 2. The Labute approximate surface area is 200 Å². The fourth-order valence-corrected chi connectivity index (χ4v) is 4.90. The minimum absolute atomic E-state index is 0.0566. The molecule has 0 radical (unpaired) electrons. The average molecular weight is 481 g/mol. The summed E-state index contributed by atoms with van der Waals surface area (Å²) in [5.41, 5.74) is 3.36. The minimum Gasteiger partial charge on any atom is -0.497 e. The van der Waals surface area contributed by atoms with Crippen LogP contribution in [0.2, 0.25) is 0 Å². The number of nitrogens with zero attached hydrogens (tertiary/aromatic N) is 1. The summed E-state index contributed by atoms with van der Waals surface area (Å²) >= 11 is 0. The lowest BCUT2D eigenvalue weighted by atomic mass is 10.1. The molecule has 178 valence electrons. The number of sulfonamides is 1. The first-order chi connectivity index (χ1) is 16.1. The first-order valence-electron chi connectivity index (χ1n) is 10.8. The van der Waals surface area contributed by atoms with Gasteiger partial charge in [-0.25, -0.2) is 8.42 Å². The van der Waals surface area contributed by atoms with Crippen molar-refractivity contribution in [2.75, 3.05) is 23.3 Å². The number of anilines is 2. The summed E-state index contributed by atoms with van der Waals surface area (Å²) in [6.45, 7) is 5.19. The number of hydrogen-bond donors (Lipinski definition) is 1. The highest BCUT2D eigenvalue weighted by Gasteiger charge is 2.26. The van der Waals surface area contributed by atoms with Gasteiger partial charge in [-0.2, -0.15) is 0 Å². The molecule has 7 nitrogen and oxygen atoms in total. The van der Waals surface area contributed by atoms with E-state index in [0.717, 1.165) is 11.1 Å². The Morgan fingerprint density at radius 3 is 2.12 bits per heavy atom. The Morgan fingerprint density at radius 2 is 1.56 bits per heavy atom. The van der Waals surface area contributed by atoms with Crippen LogP contribution in [-0.2, 0) is 14.8 Å². The molecule has 0 saturated heterocycles. The van der Waals surface area contributed by atoms with Crippen LogP contribution >= 0.6 is 0 Å². The van der Waals surface area contributed by atoms with Crippen molar-refractivity contribution < 1.29 is 22.7 Å². The number of rotatable bonds is 9. The second-order valence-electron chi connectivity index (χ2n) is 7.95. The maximum absolute atomic E-state index is 13.6. The van der Waals surface area contributed by atoms with Crippen molar-refractivity contribution in [3.63, 3.8) is 0 Å². The van der Waals surface area contributed by atoms with Gasteiger partial charge in [-0.05, 0) is 92.6 Å². The molecule has 3 aromatic carbocycles. The Balaban J connectivity index is 1.84. The first kappa shape index (κ1) is 25.0. The van der Waals surface area contributed by atoms with E-state index in [1.165, 1.54) is 18.3 Å². The van der Waals surface area contributed by atoms with Crippen molar-refractivity contribution in [3.8, 4) is 5.75 Å². The van der Waals surface area contributed by atoms with E-state index in [-0.39, 0.29) is 29.6 Å². The van der Waals surface area contributed by atoms with Crippen LogP contribution in [0, 0.1) is 13.8 Å². The third-order valence-corrected chi connectivity index (χ3v) is 7.37. The third kappa shape index (κ3) is 5.82. The lowest BCUT2D eigenvalue weighted by Gasteiger charge is -2.25. The number of nitrogens with one attached hydrogen (secondary N) is 1. The van der Waals surface area contributed by atoms with Crippen molar-refractivity contribution in [1.82, 2.24) is 0 Å². The Bertz CT molecular complexity index is 1280. The summed E-state index contributed by atoms with van der Waals surface area (Å²) in [4.78, 5) is 24.2. The maximum atomic E-state index is 13.6. The molecular formula is C26H28N2O5S. The Hall–Kier alpha value is -3.65. The van der Waals surface area contributed by atoms with Gasteiger partial charge in [-0.1, -0.05) is 6.07 Å². The van der Waals surface area contributed by atoms with E-state index in [4.69, 9.17) is 4.74 Å². The van der Waals surface area contributed by atoms with Crippen LogP contribution in [0.3, 0.4) is 0 Å². The van der Waals surface area contributed by atoms with Crippen LogP contribution in [0.25, 0.3) is 0 Å². The molecular weight excluding hydrogens is 452 g/mol. The van der Waals surface area contributed by atoms with Gasteiger partial charge >= 0.3 is 0 Å². The number of hydrogen-bond acceptors (Lipinski definition) is 5. The summed E-state index contributed by atoms with van der Waals surface area (Å²) in [5.74, 6) is 0.188. The molecule has 1 amide bonds. The molecule has 0 unspecified atom stereocenters. The van der Waals surface area contributed by atoms with E-state index in [9.17, 15) is 18.0 Å². The molecule has 0 saturated carbocycles. The minimum atomic E-state index is -3.92. The molecule has 0 heterocycles. The van der Waals surface area contributed by atoms with E-state index >= 15 is 0 Å². The number of Topliss-reactive ketones (excluding diaryl/α,β-unsaturated/α-hetero) is 1. The van der Waals surface area contributed by atoms with Gasteiger partial charge < -0.3 is 10.1 Å². The lowest BCUT2D eigenvalue weighted by molar-refractivity contribution is -0.116. The van der Waals surface area contributed by atoms with E-state index in [1.54, 1.807) is 66.7 Å². The predicted molar refractivity (Wildman–Crippen MR) is 133 cm³/mol. The van der Waals surface area contributed by atoms with E-state index in [2.05, 4.69) is 5.32 Å². The molecule has 1 N–H and O–H groups in total. The molecule has 3 aromatic rings. The molecule has 0 bridgehead atoms. The van der Waals surface area contributed by atoms with Gasteiger partial charge in [0.1, 0.15) is 5.75 Å². The van der Waals surface area contributed by atoms with Crippen LogP contribution in [0.15, 0.2) is 71.6 Å². The first-order valence-corrected chi connectivity index (χ1v) is 12.2. The number of carbonyl (C=O) groups excluding carboxylic acids is 2. The van der Waals surface area contributed by atoms with Crippen LogP contribution in [0.4, 0.5) is 11.4 Å². The monoisotopic (exact) mass is 480 g/mol. The number of amides is 1. The smallest absolute Gasteiger partial charge is 0.264 e. The molecule has 0 aliphatic carbocycles. The molecule has 0 fully saturated rings. The molecule has 0 atom stereocenters. The van der Waals surface area contributed by atoms with Crippen LogP contribution in [0.1, 0.15) is 34.8 Å². The quantitative estimate of drug-likeness (QED) is 0.447. The molecule has 0 aromatic heterocycles. The lowest BCUT2D eigenvalue weighted by Crippen LogP contribution is -2.34. The molecule has 0 spiro atoms. The zero-order valence-corrected chi connectivity index (χ0v) is 20.5. The van der Waals surface area contributed by atoms with Gasteiger partial charge in [0.2, 0.25) is 5.91 Å². The molecule has 34 heavy (non-hydrogen) atoms. The Morgan fingerprint density at radius 1 is 0.912 bits per heavy atom. The number of methoxy groups -OCH3 is 1. The summed E-state index contributed by atoms with van der Waals surface area (Å²) < 4.78 is 33.5. The van der Waals surface area contributed by atoms with Gasteiger partial charge in [-0.15, -0.1) is 0 Å². The van der Waals surface area contributed by atoms with Crippen molar-refractivity contribution in [2.45, 2.75) is 32.1 Å². The summed E-state index contributed by atoms with van der Waals surface area (Å²) in [6.07, 6.45) is -0.0649. The maximum Gasteiger partial charge on any atom is 0.264 e. The second-order valence-corrected chi connectivity index (χ2v) is 9.82. The van der Waals surface area contributed by atoms with Crippen molar-refractivity contribution in [3.05, 3.63) is 83.4 Å². The number of benzene rings is 3. The van der Waals surface area contributed by atoms with Gasteiger partial charge in [0, 0.05) is 24.2 Å². The average Bonchev–Trinajstić information content (AvgIpc) is 2.81. The largest absolute Gasteiger partial charge is 0.497 e. The third-order valence-electron chi connectivity index (χ3n) is 5.54. The molecule has 0 aliphatic rings. The molecule has 3 rings (SSSR count). The van der Waals surface area contributed by atoms with Crippen LogP contribution in [0.5, 0.6) is 5.75 Å². The molecule has 8 heteroatoms. The van der Waals surface area contributed by atoms with Gasteiger partial charge in [0.05, 0.1) is 17.7 Å². The fraction of sp³-hybridized carbons (Fsp3) is 0.231. The topological polar surface area (TPSA) is 92.8 Å². The second kappa shape index (κ2) is 10.5. The van der Waals surface area contributed by atoms with Crippen molar-refractivity contribution in [1.29, 1.82) is 0 Å². The SMILES string of the molecule is COc1ccc(N(CCC(=O)Nc2ccc(C(C)=O)cc2)S(=O)(=O)c2ccc(C)c(C)c2)cc1. The highest BCUT2D eigenvalue weighted by atomic mass is 32.2. The zero-order valence-electron chi connectivity index (χ0n) is 19.7. The zero-order chi connectivity index (χ0) is 24.9. The highest BCUT2D eigenvalue weighted by molar-refractivity contribution is 7.92. The number of ether oxygens (including phenoxy) is 1. The van der Waals surface area contributed by atoms with Gasteiger partial charge in [0.25, 0.3) is 10.0 Å². The summed E-state index contributed by atoms with van der Waals surface area (Å²) in [5, 5.41) is 2.75. The standard InChI is InChI=1S/C26H28N2O5S/c1-18-5-14-25(17-19(18)2)34(31,32)28(23-10-12-24(33-4)13-11-23)16-15-26(30)27-22-8-6-21(7-9-22)20(3)29/h5-14,17H,15-16H2,1-4H3,(H,27,30).